The molecular weight excluding hydrogens is 218 g/mol. The number of benzene rings is 1. The van der Waals surface area contributed by atoms with Gasteiger partial charge in [-0.05, 0) is 25.0 Å². The Kier molecular flexibility index (Phi) is 3.32. The molecule has 1 aromatic rings. The second kappa shape index (κ2) is 4.91. The van der Waals surface area contributed by atoms with Crippen molar-refractivity contribution in [2.45, 2.75) is 19.4 Å². The standard InChI is InChI=1S/C13H15NO3/c1-2-12(15)14-11(9-17-13(14)16)8-10-6-4-3-5-7-10/h2-7,11,15H,8-9H2,1H3/b12-2+/t11-/m1/s1. The van der Waals surface area contributed by atoms with Gasteiger partial charge in [-0.1, -0.05) is 30.3 Å². The van der Waals surface area contributed by atoms with Gasteiger partial charge in [0.05, 0.1) is 6.04 Å². The van der Waals surface area contributed by atoms with Gasteiger partial charge in [-0.3, -0.25) is 0 Å². The summed E-state index contributed by atoms with van der Waals surface area (Å²) in [5, 5.41) is 9.66. The highest BCUT2D eigenvalue weighted by molar-refractivity contribution is 5.72. The third-order valence-corrected chi connectivity index (χ3v) is 2.78. The lowest BCUT2D eigenvalue weighted by Crippen LogP contribution is -2.34. The van der Waals surface area contributed by atoms with Crippen molar-refractivity contribution in [2.75, 3.05) is 6.61 Å². The first-order valence-corrected chi connectivity index (χ1v) is 5.57. The second-order valence-corrected chi connectivity index (χ2v) is 3.94. The molecule has 17 heavy (non-hydrogen) atoms. The van der Waals surface area contributed by atoms with Crippen LogP contribution >= 0.6 is 0 Å². The number of nitrogens with zero attached hydrogens (tertiary/aromatic N) is 1. The third kappa shape index (κ3) is 2.41. The van der Waals surface area contributed by atoms with Crippen LogP contribution in [-0.4, -0.2) is 28.7 Å². The van der Waals surface area contributed by atoms with Crippen molar-refractivity contribution in [2.24, 2.45) is 0 Å². The van der Waals surface area contributed by atoms with Crippen LogP contribution in [0.4, 0.5) is 4.79 Å². The molecule has 1 atom stereocenters. The molecule has 4 nitrogen and oxygen atoms in total. The van der Waals surface area contributed by atoms with Gasteiger partial charge in [0.1, 0.15) is 6.61 Å². The maximum Gasteiger partial charge on any atom is 0.417 e. The van der Waals surface area contributed by atoms with Gasteiger partial charge < -0.3 is 9.84 Å². The lowest BCUT2D eigenvalue weighted by Gasteiger charge is -2.19. The van der Waals surface area contributed by atoms with Crippen molar-refractivity contribution in [3.63, 3.8) is 0 Å². The molecule has 0 aromatic heterocycles. The highest BCUT2D eigenvalue weighted by Crippen LogP contribution is 2.20. The van der Waals surface area contributed by atoms with Crippen molar-refractivity contribution in [3.8, 4) is 0 Å². The van der Waals surface area contributed by atoms with Crippen LogP contribution < -0.4 is 0 Å². The van der Waals surface area contributed by atoms with Crippen molar-refractivity contribution in [3.05, 3.63) is 47.9 Å². The minimum atomic E-state index is -0.485. The molecule has 0 radical (unpaired) electrons. The van der Waals surface area contributed by atoms with Crippen molar-refractivity contribution < 1.29 is 14.6 Å². The van der Waals surface area contributed by atoms with E-state index in [9.17, 15) is 9.90 Å². The molecule has 0 bridgehead atoms. The summed E-state index contributed by atoms with van der Waals surface area (Å²) >= 11 is 0. The van der Waals surface area contributed by atoms with E-state index in [0.717, 1.165) is 5.56 Å². The van der Waals surface area contributed by atoms with Gasteiger partial charge in [0, 0.05) is 0 Å². The summed E-state index contributed by atoms with van der Waals surface area (Å²) in [5.41, 5.74) is 1.12. The summed E-state index contributed by atoms with van der Waals surface area (Å²) in [5.74, 6) is -0.0477. The molecule has 0 spiro atoms. The van der Waals surface area contributed by atoms with Gasteiger partial charge in [0.25, 0.3) is 0 Å². The topological polar surface area (TPSA) is 49.8 Å². The van der Waals surface area contributed by atoms with Crippen LogP contribution in [0.3, 0.4) is 0 Å². The van der Waals surface area contributed by atoms with Crippen LogP contribution in [0.1, 0.15) is 12.5 Å². The van der Waals surface area contributed by atoms with E-state index in [4.69, 9.17) is 4.74 Å². The SMILES string of the molecule is C/C=C(/O)N1C(=O)OC[C@H]1Cc1ccccc1. The molecule has 1 aromatic carbocycles. The Morgan fingerprint density at radius 3 is 2.88 bits per heavy atom. The molecule has 0 unspecified atom stereocenters. The van der Waals surface area contributed by atoms with Crippen LogP contribution in [0.5, 0.6) is 0 Å². The average molecular weight is 233 g/mol. The van der Waals surface area contributed by atoms with Gasteiger partial charge in [-0.25, -0.2) is 9.69 Å². The summed E-state index contributed by atoms with van der Waals surface area (Å²) in [7, 11) is 0. The molecule has 0 aliphatic carbocycles. The Morgan fingerprint density at radius 1 is 1.53 bits per heavy atom. The first-order valence-electron chi connectivity index (χ1n) is 5.57. The molecule has 1 aliphatic heterocycles. The van der Waals surface area contributed by atoms with E-state index in [1.54, 1.807) is 6.92 Å². The molecular formula is C13H15NO3. The summed E-state index contributed by atoms with van der Waals surface area (Å²) < 4.78 is 4.96. The summed E-state index contributed by atoms with van der Waals surface area (Å²) in [6, 6.07) is 9.70. The van der Waals surface area contributed by atoms with Crippen molar-refractivity contribution in [1.82, 2.24) is 4.90 Å². The molecule has 1 N–H and O–H groups in total. The lowest BCUT2D eigenvalue weighted by molar-refractivity contribution is 0.149. The van der Waals surface area contributed by atoms with Crippen LogP contribution in [-0.2, 0) is 11.2 Å². The van der Waals surface area contributed by atoms with Gasteiger partial charge in [0.2, 0.25) is 0 Å². The highest BCUT2D eigenvalue weighted by Gasteiger charge is 2.35. The lowest BCUT2D eigenvalue weighted by atomic mass is 10.1. The maximum atomic E-state index is 11.5. The minimum Gasteiger partial charge on any atom is -0.495 e. The molecule has 1 heterocycles. The van der Waals surface area contributed by atoms with Gasteiger partial charge in [-0.2, -0.15) is 0 Å². The van der Waals surface area contributed by atoms with E-state index in [0.29, 0.717) is 13.0 Å². The smallest absolute Gasteiger partial charge is 0.417 e. The summed E-state index contributed by atoms with van der Waals surface area (Å²) in [6.45, 7) is 1.99. The predicted octanol–water partition coefficient (Wildman–Crippen LogP) is 2.47. The molecule has 1 amide bonds. The number of hydrogen-bond acceptors (Lipinski definition) is 3. The number of amides is 1. The maximum absolute atomic E-state index is 11.5. The second-order valence-electron chi connectivity index (χ2n) is 3.94. The molecule has 1 aliphatic rings. The summed E-state index contributed by atoms with van der Waals surface area (Å²) in [4.78, 5) is 12.8. The fraction of sp³-hybridized carbons (Fsp3) is 0.308. The number of cyclic esters (lactones) is 1. The number of rotatable bonds is 3. The third-order valence-electron chi connectivity index (χ3n) is 2.78. The Hall–Kier alpha value is -1.97. The van der Waals surface area contributed by atoms with Crippen LogP contribution in [0.25, 0.3) is 0 Å². The van der Waals surface area contributed by atoms with Gasteiger partial charge in [0.15, 0.2) is 5.88 Å². The zero-order valence-corrected chi connectivity index (χ0v) is 9.67. The van der Waals surface area contributed by atoms with Crippen molar-refractivity contribution in [1.29, 1.82) is 0 Å². The highest BCUT2D eigenvalue weighted by atomic mass is 16.6. The summed E-state index contributed by atoms with van der Waals surface area (Å²) in [6.07, 6.45) is 1.68. The normalized spacial score (nSPS) is 20.5. The van der Waals surface area contributed by atoms with Gasteiger partial charge in [-0.15, -0.1) is 0 Å². The van der Waals surface area contributed by atoms with Crippen LogP contribution in [0.2, 0.25) is 0 Å². The number of aliphatic hydroxyl groups is 1. The molecule has 90 valence electrons. The Bertz CT molecular complexity index is 428. The minimum absolute atomic E-state index is 0.0477. The van der Waals surface area contributed by atoms with Crippen LogP contribution in [0, 0.1) is 0 Å². The van der Waals surface area contributed by atoms with E-state index in [1.807, 2.05) is 30.3 Å². The first kappa shape index (κ1) is 11.5. The Labute approximate surface area is 100 Å². The van der Waals surface area contributed by atoms with E-state index < -0.39 is 6.09 Å². The number of carbonyl (C=O) groups excluding carboxylic acids is 1. The predicted molar refractivity (Wildman–Crippen MR) is 63.5 cm³/mol. The fourth-order valence-electron chi connectivity index (χ4n) is 1.92. The van der Waals surface area contributed by atoms with Gasteiger partial charge >= 0.3 is 6.09 Å². The molecule has 2 rings (SSSR count). The number of hydrogen-bond donors (Lipinski definition) is 1. The average Bonchev–Trinajstić information content (AvgIpc) is 2.71. The quantitative estimate of drug-likeness (QED) is 0.816. The Morgan fingerprint density at radius 2 is 2.24 bits per heavy atom. The zero-order valence-electron chi connectivity index (χ0n) is 9.67. The van der Waals surface area contributed by atoms with Crippen molar-refractivity contribution >= 4 is 6.09 Å². The number of aliphatic hydroxyl groups excluding tert-OH is 1. The monoisotopic (exact) mass is 233 g/mol. The number of carbonyl (C=O) groups is 1. The molecule has 1 saturated heterocycles. The van der Waals surface area contributed by atoms with E-state index in [1.165, 1.54) is 11.0 Å². The number of allylic oxidation sites excluding steroid dienone is 1. The van der Waals surface area contributed by atoms with E-state index in [-0.39, 0.29) is 11.9 Å². The molecule has 0 saturated carbocycles. The first-order chi connectivity index (χ1) is 8.22. The largest absolute Gasteiger partial charge is 0.495 e. The van der Waals surface area contributed by atoms with E-state index in [2.05, 4.69) is 0 Å². The van der Waals surface area contributed by atoms with Crippen LogP contribution in [0.15, 0.2) is 42.3 Å². The number of ether oxygens (including phenoxy) is 1. The van der Waals surface area contributed by atoms with E-state index >= 15 is 0 Å². The zero-order chi connectivity index (χ0) is 12.3. The fourth-order valence-corrected chi connectivity index (χ4v) is 1.92. The molecule has 1 fully saturated rings. The molecule has 4 heteroatoms. The Balaban J connectivity index is 2.13.